The Kier molecular flexibility index (Phi) is 7.25. The SMILES string of the molecule is CCCCC(=O)Oc1ccc(/C=C(/C#N)c2cccc(Cl)c2)cc1OC. The van der Waals surface area contributed by atoms with Crippen molar-refractivity contribution < 1.29 is 14.3 Å². The summed E-state index contributed by atoms with van der Waals surface area (Å²) in [6, 6.07) is 14.4. The van der Waals surface area contributed by atoms with Gasteiger partial charge in [-0.15, -0.1) is 0 Å². The fourth-order valence-corrected chi connectivity index (χ4v) is 2.55. The molecule has 0 aliphatic carbocycles. The van der Waals surface area contributed by atoms with Crippen LogP contribution < -0.4 is 9.47 Å². The van der Waals surface area contributed by atoms with Crippen LogP contribution in [0.3, 0.4) is 0 Å². The first-order valence-corrected chi connectivity index (χ1v) is 8.71. The number of allylic oxidation sites excluding steroid dienone is 1. The minimum Gasteiger partial charge on any atom is -0.493 e. The van der Waals surface area contributed by atoms with E-state index in [0.29, 0.717) is 28.5 Å². The standard InChI is InChI=1S/C21H20ClNO3/c1-3-4-8-21(24)26-19-10-9-15(12-20(19)25-2)11-17(14-23)16-6-5-7-18(22)13-16/h5-7,9-13H,3-4,8H2,1-2H3/b17-11-. The van der Waals surface area contributed by atoms with Gasteiger partial charge < -0.3 is 9.47 Å². The molecule has 0 saturated carbocycles. The predicted molar refractivity (Wildman–Crippen MR) is 103 cm³/mol. The normalized spacial score (nSPS) is 10.9. The van der Waals surface area contributed by atoms with Crippen molar-refractivity contribution in [1.29, 1.82) is 5.26 Å². The highest BCUT2D eigenvalue weighted by atomic mass is 35.5. The molecule has 0 unspecified atom stereocenters. The second-order valence-electron chi connectivity index (χ2n) is 5.67. The van der Waals surface area contributed by atoms with Gasteiger partial charge in [-0.25, -0.2) is 0 Å². The van der Waals surface area contributed by atoms with E-state index in [9.17, 15) is 10.1 Å². The first kappa shape index (κ1) is 19.6. The smallest absolute Gasteiger partial charge is 0.311 e. The molecule has 0 heterocycles. The first-order chi connectivity index (χ1) is 12.6. The van der Waals surface area contributed by atoms with Crippen molar-refractivity contribution in [1.82, 2.24) is 0 Å². The van der Waals surface area contributed by atoms with E-state index in [1.54, 1.807) is 42.5 Å². The molecular weight excluding hydrogens is 350 g/mol. The van der Waals surface area contributed by atoms with Crippen LogP contribution in [-0.4, -0.2) is 13.1 Å². The van der Waals surface area contributed by atoms with Crippen molar-refractivity contribution in [2.24, 2.45) is 0 Å². The summed E-state index contributed by atoms with van der Waals surface area (Å²) in [6.07, 6.45) is 3.81. The monoisotopic (exact) mass is 369 g/mol. The summed E-state index contributed by atoms with van der Waals surface area (Å²) in [5, 5.41) is 10.0. The lowest BCUT2D eigenvalue weighted by Crippen LogP contribution is -2.08. The fraction of sp³-hybridized carbons (Fsp3) is 0.238. The molecule has 26 heavy (non-hydrogen) atoms. The fourth-order valence-electron chi connectivity index (χ4n) is 2.36. The number of methoxy groups -OCH3 is 1. The Morgan fingerprint density at radius 3 is 2.69 bits per heavy atom. The predicted octanol–water partition coefficient (Wildman–Crippen LogP) is 5.51. The number of benzene rings is 2. The van der Waals surface area contributed by atoms with Crippen LogP contribution in [0.4, 0.5) is 0 Å². The maximum absolute atomic E-state index is 11.8. The quantitative estimate of drug-likeness (QED) is 0.279. The van der Waals surface area contributed by atoms with Gasteiger partial charge in [0.05, 0.1) is 18.8 Å². The highest BCUT2D eigenvalue weighted by molar-refractivity contribution is 6.30. The Morgan fingerprint density at radius 2 is 2.04 bits per heavy atom. The Morgan fingerprint density at radius 1 is 1.23 bits per heavy atom. The third-order valence-corrected chi connectivity index (χ3v) is 3.95. The summed E-state index contributed by atoms with van der Waals surface area (Å²) >= 11 is 6.00. The lowest BCUT2D eigenvalue weighted by Gasteiger charge is -2.10. The average Bonchev–Trinajstić information content (AvgIpc) is 2.65. The van der Waals surface area contributed by atoms with Crippen LogP contribution in [0.2, 0.25) is 5.02 Å². The van der Waals surface area contributed by atoms with Crippen molar-refractivity contribution >= 4 is 29.2 Å². The number of ether oxygens (including phenoxy) is 2. The molecule has 0 saturated heterocycles. The molecule has 0 bridgehead atoms. The summed E-state index contributed by atoms with van der Waals surface area (Å²) in [7, 11) is 1.51. The first-order valence-electron chi connectivity index (χ1n) is 8.33. The van der Waals surface area contributed by atoms with E-state index in [0.717, 1.165) is 24.0 Å². The van der Waals surface area contributed by atoms with E-state index in [1.807, 2.05) is 13.0 Å². The van der Waals surface area contributed by atoms with Gasteiger partial charge in [-0.1, -0.05) is 43.1 Å². The number of halogens is 1. The van der Waals surface area contributed by atoms with Crippen molar-refractivity contribution in [3.63, 3.8) is 0 Å². The van der Waals surface area contributed by atoms with Crippen LogP contribution in [0, 0.1) is 11.3 Å². The van der Waals surface area contributed by atoms with Crippen LogP contribution in [0.25, 0.3) is 11.6 Å². The van der Waals surface area contributed by atoms with Gasteiger partial charge in [0.1, 0.15) is 0 Å². The summed E-state index contributed by atoms with van der Waals surface area (Å²) < 4.78 is 10.7. The highest BCUT2D eigenvalue weighted by Gasteiger charge is 2.11. The summed E-state index contributed by atoms with van der Waals surface area (Å²) in [5.41, 5.74) is 1.96. The number of hydrogen-bond donors (Lipinski definition) is 0. The molecule has 0 fully saturated rings. The number of rotatable bonds is 7. The summed E-state index contributed by atoms with van der Waals surface area (Å²) in [5.74, 6) is 0.518. The van der Waals surface area contributed by atoms with Crippen LogP contribution in [0.5, 0.6) is 11.5 Å². The Hall–Kier alpha value is -2.77. The lowest BCUT2D eigenvalue weighted by atomic mass is 10.0. The molecule has 0 aromatic heterocycles. The van der Waals surface area contributed by atoms with Gasteiger partial charge in [0.15, 0.2) is 11.5 Å². The van der Waals surface area contributed by atoms with Gasteiger partial charge in [0.2, 0.25) is 0 Å². The largest absolute Gasteiger partial charge is 0.493 e. The minimum atomic E-state index is -0.287. The van der Waals surface area contributed by atoms with Gasteiger partial charge in [-0.3, -0.25) is 4.79 Å². The van der Waals surface area contributed by atoms with E-state index in [4.69, 9.17) is 21.1 Å². The molecule has 0 spiro atoms. The van der Waals surface area contributed by atoms with E-state index in [-0.39, 0.29) is 5.97 Å². The molecule has 0 aliphatic heterocycles. The number of carbonyl (C=O) groups excluding carboxylic acids is 1. The Balaban J connectivity index is 2.27. The Bertz CT molecular complexity index is 853. The molecule has 0 aliphatic rings. The van der Waals surface area contributed by atoms with Gasteiger partial charge in [0.25, 0.3) is 0 Å². The molecule has 2 aromatic rings. The van der Waals surface area contributed by atoms with Gasteiger partial charge in [-0.05, 0) is 47.9 Å². The van der Waals surface area contributed by atoms with Crippen molar-refractivity contribution in [3.05, 3.63) is 58.6 Å². The zero-order chi connectivity index (χ0) is 18.9. The number of hydrogen-bond acceptors (Lipinski definition) is 4. The number of esters is 1. The van der Waals surface area contributed by atoms with Gasteiger partial charge in [0, 0.05) is 11.4 Å². The second-order valence-corrected chi connectivity index (χ2v) is 6.10. The van der Waals surface area contributed by atoms with Crippen molar-refractivity contribution in [2.45, 2.75) is 26.2 Å². The topological polar surface area (TPSA) is 59.3 Å². The van der Waals surface area contributed by atoms with E-state index < -0.39 is 0 Å². The van der Waals surface area contributed by atoms with Crippen molar-refractivity contribution in [3.8, 4) is 17.6 Å². The number of nitriles is 1. The van der Waals surface area contributed by atoms with E-state index >= 15 is 0 Å². The maximum atomic E-state index is 11.8. The zero-order valence-corrected chi connectivity index (χ0v) is 15.5. The lowest BCUT2D eigenvalue weighted by molar-refractivity contribution is -0.134. The second kappa shape index (κ2) is 9.65. The molecule has 0 amide bonds. The summed E-state index contributed by atoms with van der Waals surface area (Å²) in [6.45, 7) is 2.02. The third-order valence-electron chi connectivity index (χ3n) is 3.71. The molecule has 4 nitrogen and oxygen atoms in total. The maximum Gasteiger partial charge on any atom is 0.311 e. The average molecular weight is 370 g/mol. The molecule has 2 rings (SSSR count). The van der Waals surface area contributed by atoms with Crippen LogP contribution in [0.15, 0.2) is 42.5 Å². The number of unbranched alkanes of at least 4 members (excludes halogenated alkanes) is 1. The number of nitrogens with zero attached hydrogens (tertiary/aromatic N) is 1. The van der Waals surface area contributed by atoms with E-state index in [2.05, 4.69) is 6.07 Å². The number of carbonyl (C=O) groups is 1. The zero-order valence-electron chi connectivity index (χ0n) is 14.8. The molecular formula is C21H20ClNO3. The molecule has 0 radical (unpaired) electrons. The third kappa shape index (κ3) is 5.37. The Labute approximate surface area is 158 Å². The molecule has 5 heteroatoms. The van der Waals surface area contributed by atoms with Gasteiger partial charge in [-0.2, -0.15) is 5.26 Å². The molecule has 2 aromatic carbocycles. The minimum absolute atomic E-state index is 0.287. The van der Waals surface area contributed by atoms with Crippen LogP contribution in [-0.2, 0) is 4.79 Å². The van der Waals surface area contributed by atoms with Crippen LogP contribution in [0.1, 0.15) is 37.3 Å². The molecule has 134 valence electrons. The van der Waals surface area contributed by atoms with Crippen molar-refractivity contribution in [2.75, 3.05) is 7.11 Å². The molecule has 0 atom stereocenters. The highest BCUT2D eigenvalue weighted by Crippen LogP contribution is 2.30. The van der Waals surface area contributed by atoms with Crippen LogP contribution >= 0.6 is 11.6 Å². The summed E-state index contributed by atoms with van der Waals surface area (Å²) in [4.78, 5) is 11.8. The van der Waals surface area contributed by atoms with E-state index in [1.165, 1.54) is 7.11 Å². The molecule has 0 N–H and O–H groups in total. The van der Waals surface area contributed by atoms with Gasteiger partial charge >= 0.3 is 5.97 Å².